The number of nitrogens with one attached hydrogen (secondary N) is 1. The summed E-state index contributed by atoms with van der Waals surface area (Å²) in [6.45, 7) is 0. The van der Waals surface area contributed by atoms with Crippen LogP contribution in [0.2, 0.25) is 0 Å². The average Bonchev–Trinajstić information content (AvgIpc) is 3.35. The van der Waals surface area contributed by atoms with Gasteiger partial charge in [0, 0.05) is 18.5 Å². The van der Waals surface area contributed by atoms with Gasteiger partial charge in [-0.3, -0.25) is 9.36 Å². The van der Waals surface area contributed by atoms with Crippen molar-refractivity contribution in [3.8, 4) is 16.6 Å². The fourth-order valence-electron chi connectivity index (χ4n) is 2.01. The number of imidazole rings is 1. The van der Waals surface area contributed by atoms with Crippen LogP contribution in [-0.2, 0) is 0 Å². The van der Waals surface area contributed by atoms with Crippen molar-refractivity contribution in [2.45, 2.75) is 0 Å². The smallest absolute Gasteiger partial charge is 0.277 e. The van der Waals surface area contributed by atoms with Crippen molar-refractivity contribution >= 4 is 22.9 Å². The van der Waals surface area contributed by atoms with Crippen molar-refractivity contribution in [2.24, 2.45) is 0 Å². The first-order chi connectivity index (χ1) is 11.8. The molecule has 4 aromatic heterocycles. The van der Waals surface area contributed by atoms with Gasteiger partial charge in [-0.2, -0.15) is 0 Å². The molecule has 9 heteroatoms. The van der Waals surface area contributed by atoms with E-state index in [1.807, 2.05) is 17.5 Å². The van der Waals surface area contributed by atoms with Gasteiger partial charge in [-0.05, 0) is 11.4 Å². The minimum atomic E-state index is -0.388. The Bertz CT molecular complexity index is 944. The van der Waals surface area contributed by atoms with Crippen LogP contribution in [0.3, 0.4) is 0 Å². The highest BCUT2D eigenvalue weighted by Crippen LogP contribution is 2.25. The third kappa shape index (κ3) is 2.79. The largest absolute Gasteiger partial charge is 0.355 e. The molecule has 8 nitrogen and oxygen atoms in total. The molecular weight excluding hydrogens is 328 g/mol. The van der Waals surface area contributed by atoms with Crippen molar-refractivity contribution in [1.29, 1.82) is 0 Å². The molecule has 1 N–H and O–H groups in total. The molecule has 24 heavy (non-hydrogen) atoms. The van der Waals surface area contributed by atoms with Crippen molar-refractivity contribution in [2.75, 3.05) is 5.32 Å². The number of anilines is 1. The van der Waals surface area contributed by atoms with Crippen molar-refractivity contribution in [3.05, 3.63) is 60.4 Å². The summed E-state index contributed by atoms with van der Waals surface area (Å²) in [5.74, 6) is 0.634. The predicted octanol–water partition coefficient (Wildman–Crippen LogP) is 2.63. The normalized spacial score (nSPS) is 10.7. The zero-order valence-electron chi connectivity index (χ0n) is 12.2. The second-order valence-electron chi connectivity index (χ2n) is 4.75. The molecule has 4 rings (SSSR count). The fourth-order valence-corrected chi connectivity index (χ4v) is 2.68. The first-order valence-corrected chi connectivity index (χ1v) is 7.80. The molecule has 0 fully saturated rings. The second-order valence-corrected chi connectivity index (χ2v) is 5.70. The molecule has 0 aliphatic heterocycles. The molecule has 0 saturated carbocycles. The Kier molecular flexibility index (Phi) is 3.60. The lowest BCUT2D eigenvalue weighted by Crippen LogP contribution is -2.13. The molecule has 0 aromatic carbocycles. The molecule has 0 atom stereocenters. The quantitative estimate of drug-likeness (QED) is 0.614. The third-order valence-corrected chi connectivity index (χ3v) is 4.02. The lowest BCUT2D eigenvalue weighted by atomic mass is 10.3. The summed E-state index contributed by atoms with van der Waals surface area (Å²) in [4.78, 5) is 25.4. The summed E-state index contributed by atoms with van der Waals surface area (Å²) >= 11 is 1.51. The molecule has 0 aliphatic carbocycles. The van der Waals surface area contributed by atoms with Gasteiger partial charge in [0.25, 0.3) is 5.91 Å². The Morgan fingerprint density at radius 3 is 2.88 bits per heavy atom. The van der Waals surface area contributed by atoms with Crippen molar-refractivity contribution < 1.29 is 9.32 Å². The monoisotopic (exact) mass is 338 g/mol. The van der Waals surface area contributed by atoms with E-state index in [0.29, 0.717) is 17.4 Å². The summed E-state index contributed by atoms with van der Waals surface area (Å²) in [6.07, 6.45) is 7.99. The third-order valence-electron chi connectivity index (χ3n) is 3.14. The maximum absolute atomic E-state index is 12.2. The van der Waals surface area contributed by atoms with Crippen LogP contribution < -0.4 is 5.32 Å². The molecule has 1 amide bonds. The molecule has 4 heterocycles. The van der Waals surface area contributed by atoms with E-state index in [0.717, 1.165) is 4.88 Å². The first-order valence-electron chi connectivity index (χ1n) is 6.92. The summed E-state index contributed by atoms with van der Waals surface area (Å²) < 4.78 is 6.86. The van der Waals surface area contributed by atoms with Crippen LogP contribution in [0.4, 0.5) is 5.69 Å². The molecule has 4 aromatic rings. The molecule has 118 valence electrons. The number of rotatable bonds is 4. The Labute approximate surface area is 139 Å². The van der Waals surface area contributed by atoms with Gasteiger partial charge in [0.1, 0.15) is 6.33 Å². The lowest BCUT2D eigenvalue weighted by molar-refractivity contribution is 0.101. The number of nitrogens with zero attached hydrogens (tertiary/aromatic N) is 5. The van der Waals surface area contributed by atoms with E-state index in [2.05, 4.69) is 25.4 Å². The molecule has 0 aliphatic rings. The zero-order valence-corrected chi connectivity index (χ0v) is 13.0. The Morgan fingerprint density at radius 1 is 1.29 bits per heavy atom. The molecule has 0 saturated heterocycles. The summed E-state index contributed by atoms with van der Waals surface area (Å²) in [5, 5.41) is 8.40. The maximum Gasteiger partial charge on any atom is 0.277 e. The number of hydrogen-bond donors (Lipinski definition) is 1. The van der Waals surface area contributed by atoms with Crippen LogP contribution in [0.15, 0.2) is 59.2 Å². The summed E-state index contributed by atoms with van der Waals surface area (Å²) in [6, 6.07) is 5.40. The van der Waals surface area contributed by atoms with Gasteiger partial charge in [0.05, 0.1) is 23.0 Å². The number of amides is 1. The number of carbonyl (C=O) groups excluding carboxylic acids is 1. The highest BCUT2D eigenvalue weighted by molar-refractivity contribution is 7.13. The van der Waals surface area contributed by atoms with E-state index in [9.17, 15) is 4.79 Å². The standard InChI is InChI=1S/C15H10N6O2S/c22-14(11-6-12(23-20-11)13-2-1-5-24-13)19-10-7-17-15(18-8-10)21-4-3-16-9-21/h1-9H,(H,19,22). The van der Waals surface area contributed by atoms with Gasteiger partial charge in [0.2, 0.25) is 5.95 Å². The Hall–Kier alpha value is -3.33. The van der Waals surface area contributed by atoms with Gasteiger partial charge < -0.3 is 9.84 Å². The van der Waals surface area contributed by atoms with E-state index in [1.165, 1.54) is 23.7 Å². The summed E-state index contributed by atoms with van der Waals surface area (Å²) in [5.41, 5.74) is 0.654. The van der Waals surface area contributed by atoms with Crippen LogP contribution in [0.25, 0.3) is 16.6 Å². The minimum Gasteiger partial charge on any atom is -0.355 e. The zero-order chi connectivity index (χ0) is 16.4. The van der Waals surface area contributed by atoms with E-state index in [4.69, 9.17) is 4.52 Å². The number of hydrogen-bond acceptors (Lipinski definition) is 7. The molecule has 0 bridgehead atoms. The van der Waals surface area contributed by atoms with Crippen LogP contribution in [0, 0.1) is 0 Å². The number of carbonyl (C=O) groups is 1. The van der Waals surface area contributed by atoms with E-state index in [-0.39, 0.29) is 11.6 Å². The van der Waals surface area contributed by atoms with Crippen LogP contribution in [0.5, 0.6) is 0 Å². The minimum absolute atomic E-state index is 0.192. The number of thiophene rings is 1. The van der Waals surface area contributed by atoms with Crippen LogP contribution >= 0.6 is 11.3 Å². The predicted molar refractivity (Wildman–Crippen MR) is 86.9 cm³/mol. The number of aromatic nitrogens is 5. The van der Waals surface area contributed by atoms with Crippen LogP contribution in [-0.4, -0.2) is 30.6 Å². The molecule has 0 unspecified atom stereocenters. The highest BCUT2D eigenvalue weighted by Gasteiger charge is 2.14. The van der Waals surface area contributed by atoms with Gasteiger partial charge in [-0.25, -0.2) is 15.0 Å². The van der Waals surface area contributed by atoms with Crippen molar-refractivity contribution in [3.63, 3.8) is 0 Å². The van der Waals surface area contributed by atoms with Gasteiger partial charge in [-0.15, -0.1) is 11.3 Å². The van der Waals surface area contributed by atoms with Gasteiger partial charge in [-0.1, -0.05) is 11.2 Å². The van der Waals surface area contributed by atoms with E-state index < -0.39 is 0 Å². The van der Waals surface area contributed by atoms with E-state index >= 15 is 0 Å². The SMILES string of the molecule is O=C(Nc1cnc(-n2ccnc2)nc1)c1cc(-c2cccs2)on1. The fraction of sp³-hybridized carbons (Fsp3) is 0. The topological polar surface area (TPSA) is 98.7 Å². The average molecular weight is 338 g/mol. The second kappa shape index (κ2) is 6.05. The first kappa shape index (κ1) is 14.3. The molecule has 0 spiro atoms. The maximum atomic E-state index is 12.2. The molecular formula is C15H10N6O2S. The summed E-state index contributed by atoms with van der Waals surface area (Å²) in [7, 11) is 0. The lowest BCUT2D eigenvalue weighted by Gasteiger charge is -2.03. The molecule has 0 radical (unpaired) electrons. The Balaban J connectivity index is 1.48. The Morgan fingerprint density at radius 2 is 2.17 bits per heavy atom. The highest BCUT2D eigenvalue weighted by atomic mass is 32.1. The van der Waals surface area contributed by atoms with Crippen molar-refractivity contribution in [1.82, 2.24) is 24.7 Å². The van der Waals surface area contributed by atoms with Crippen LogP contribution in [0.1, 0.15) is 10.5 Å². The van der Waals surface area contributed by atoms with Gasteiger partial charge >= 0.3 is 0 Å². The van der Waals surface area contributed by atoms with Gasteiger partial charge in [0.15, 0.2) is 11.5 Å². The van der Waals surface area contributed by atoms with E-state index in [1.54, 1.807) is 29.4 Å².